The van der Waals surface area contributed by atoms with Gasteiger partial charge in [0.2, 0.25) is 0 Å². The lowest BCUT2D eigenvalue weighted by molar-refractivity contribution is 0.455. The predicted octanol–water partition coefficient (Wildman–Crippen LogP) is 2.87. The lowest BCUT2D eigenvalue weighted by atomic mass is 9.81. The summed E-state index contributed by atoms with van der Waals surface area (Å²) >= 11 is 0. The molecule has 74 valence electrons. The molecule has 1 N–H and O–H groups in total. The number of allylic oxidation sites excluding steroid dienone is 2. The van der Waals surface area contributed by atoms with Gasteiger partial charge < -0.3 is 5.32 Å². The molecular weight excluding hydrogens is 158 g/mol. The van der Waals surface area contributed by atoms with Gasteiger partial charge in [0.1, 0.15) is 0 Å². The summed E-state index contributed by atoms with van der Waals surface area (Å²) < 4.78 is 0. The second-order valence-electron chi connectivity index (χ2n) is 4.90. The Morgan fingerprint density at radius 2 is 2.23 bits per heavy atom. The van der Waals surface area contributed by atoms with Gasteiger partial charge in [0.25, 0.3) is 0 Å². The first kappa shape index (κ1) is 9.26. The molecule has 1 aliphatic heterocycles. The zero-order chi connectivity index (χ0) is 9.31. The fourth-order valence-corrected chi connectivity index (χ4v) is 2.28. The molecule has 1 nitrogen and oxygen atoms in total. The summed E-state index contributed by atoms with van der Waals surface area (Å²) in [5.41, 5.74) is 2.26. The second-order valence-corrected chi connectivity index (χ2v) is 4.90. The molecular formula is C12H21N. The van der Waals surface area contributed by atoms with E-state index < -0.39 is 0 Å². The lowest BCUT2D eigenvalue weighted by Crippen LogP contribution is -2.14. The Kier molecular flexibility index (Phi) is 2.46. The van der Waals surface area contributed by atoms with Crippen LogP contribution in [0.5, 0.6) is 0 Å². The topological polar surface area (TPSA) is 21.9 Å². The van der Waals surface area contributed by atoms with E-state index in [1.54, 1.807) is 5.57 Å². The van der Waals surface area contributed by atoms with E-state index in [0.29, 0.717) is 5.54 Å². The van der Waals surface area contributed by atoms with Crippen molar-refractivity contribution in [1.82, 2.24) is 5.32 Å². The minimum Gasteiger partial charge on any atom is -0.308 e. The van der Waals surface area contributed by atoms with Gasteiger partial charge in [-0.2, -0.15) is 0 Å². The minimum atomic E-state index is 0.548. The van der Waals surface area contributed by atoms with Crippen LogP contribution < -0.4 is 5.32 Å². The summed E-state index contributed by atoms with van der Waals surface area (Å²) in [7, 11) is 0. The van der Waals surface area contributed by atoms with Crippen LogP contribution >= 0.6 is 0 Å². The smallest absolute Gasteiger partial charge is 0.0307 e. The van der Waals surface area contributed by atoms with E-state index in [2.05, 4.69) is 25.2 Å². The average molecular weight is 179 g/mol. The molecule has 0 aromatic rings. The minimum absolute atomic E-state index is 0.548. The van der Waals surface area contributed by atoms with Crippen LogP contribution in [0.25, 0.3) is 0 Å². The molecule has 0 bridgehead atoms. The number of hydrogen-bond acceptors (Lipinski definition) is 1. The van der Waals surface area contributed by atoms with Crippen molar-refractivity contribution in [1.29, 1.82) is 0 Å². The van der Waals surface area contributed by atoms with Crippen molar-refractivity contribution < 1.29 is 0 Å². The fourth-order valence-electron chi connectivity index (χ4n) is 2.28. The first-order valence-corrected chi connectivity index (χ1v) is 5.67. The second kappa shape index (κ2) is 3.45. The van der Waals surface area contributed by atoms with Gasteiger partial charge >= 0.3 is 0 Å². The van der Waals surface area contributed by atoms with Gasteiger partial charge in [-0.25, -0.2) is 0 Å². The van der Waals surface area contributed by atoms with E-state index in [-0.39, 0.29) is 0 Å². The van der Waals surface area contributed by atoms with Gasteiger partial charge in [-0.3, -0.25) is 0 Å². The molecule has 2 fully saturated rings. The molecule has 1 unspecified atom stereocenters. The molecule has 0 spiro atoms. The highest BCUT2D eigenvalue weighted by molar-refractivity contribution is 5.13. The highest BCUT2D eigenvalue weighted by atomic mass is 15.2. The Balaban J connectivity index is 1.66. The molecule has 0 aromatic heterocycles. The van der Waals surface area contributed by atoms with E-state index >= 15 is 0 Å². The third kappa shape index (κ3) is 2.14. The summed E-state index contributed by atoms with van der Waals surface area (Å²) in [5.74, 6) is 0.963. The van der Waals surface area contributed by atoms with Gasteiger partial charge in [-0.1, -0.05) is 25.5 Å². The number of rotatable bonds is 4. The maximum Gasteiger partial charge on any atom is 0.0307 e. The van der Waals surface area contributed by atoms with E-state index in [0.717, 1.165) is 5.92 Å². The summed E-state index contributed by atoms with van der Waals surface area (Å²) in [5, 5.41) is 3.49. The van der Waals surface area contributed by atoms with E-state index in [9.17, 15) is 0 Å². The molecule has 1 aliphatic carbocycles. The van der Waals surface area contributed by atoms with Crippen molar-refractivity contribution in [2.24, 2.45) is 5.92 Å². The largest absolute Gasteiger partial charge is 0.308 e. The first-order valence-electron chi connectivity index (χ1n) is 5.67. The maximum atomic E-state index is 3.49. The van der Waals surface area contributed by atoms with Crippen LogP contribution in [0.1, 0.15) is 46.0 Å². The molecule has 13 heavy (non-hydrogen) atoms. The van der Waals surface area contributed by atoms with Gasteiger partial charge in [-0.15, -0.1) is 0 Å². The maximum absolute atomic E-state index is 3.49. The van der Waals surface area contributed by atoms with Crippen LogP contribution in [0.3, 0.4) is 0 Å². The molecule has 0 amide bonds. The molecule has 1 heterocycles. The zero-order valence-electron chi connectivity index (χ0n) is 8.90. The predicted molar refractivity (Wildman–Crippen MR) is 56.7 cm³/mol. The normalized spacial score (nSPS) is 37.1. The van der Waals surface area contributed by atoms with Gasteiger partial charge in [0.15, 0.2) is 0 Å². The summed E-state index contributed by atoms with van der Waals surface area (Å²) in [6.45, 7) is 5.88. The van der Waals surface area contributed by atoms with Gasteiger partial charge in [0.05, 0.1) is 0 Å². The summed E-state index contributed by atoms with van der Waals surface area (Å²) in [6.07, 6.45) is 9.16. The highest BCUT2D eigenvalue weighted by Crippen LogP contribution is 2.34. The third-order valence-corrected chi connectivity index (χ3v) is 3.63. The molecule has 1 saturated heterocycles. The van der Waals surface area contributed by atoms with Crippen molar-refractivity contribution in [3.05, 3.63) is 11.6 Å². The van der Waals surface area contributed by atoms with Gasteiger partial charge in [-0.05, 0) is 38.0 Å². The van der Waals surface area contributed by atoms with Crippen molar-refractivity contribution >= 4 is 0 Å². The van der Waals surface area contributed by atoms with Crippen LogP contribution in [0.2, 0.25) is 0 Å². The Morgan fingerprint density at radius 3 is 2.69 bits per heavy atom. The van der Waals surface area contributed by atoms with Crippen LogP contribution in [-0.4, -0.2) is 12.1 Å². The third-order valence-electron chi connectivity index (χ3n) is 3.63. The van der Waals surface area contributed by atoms with Crippen LogP contribution in [-0.2, 0) is 0 Å². The lowest BCUT2D eigenvalue weighted by Gasteiger charge is -2.25. The highest BCUT2D eigenvalue weighted by Gasteiger charge is 2.38. The van der Waals surface area contributed by atoms with Crippen molar-refractivity contribution in [2.45, 2.75) is 51.5 Å². The number of nitrogens with one attached hydrogen (secondary N) is 1. The quantitative estimate of drug-likeness (QED) is 0.520. The molecule has 0 aromatic carbocycles. The molecule has 1 saturated carbocycles. The summed E-state index contributed by atoms with van der Waals surface area (Å²) in [6, 6.07) is 0. The van der Waals surface area contributed by atoms with E-state index in [1.807, 2.05) is 0 Å². The monoisotopic (exact) mass is 179 g/mol. The first-order chi connectivity index (χ1) is 6.24. The molecule has 2 rings (SSSR count). The Labute approximate surface area is 81.6 Å². The van der Waals surface area contributed by atoms with Crippen LogP contribution in [0.4, 0.5) is 0 Å². The van der Waals surface area contributed by atoms with Crippen LogP contribution in [0.15, 0.2) is 11.6 Å². The van der Waals surface area contributed by atoms with Gasteiger partial charge in [0, 0.05) is 12.1 Å². The fraction of sp³-hybridized carbons (Fsp3) is 0.833. The molecule has 1 atom stereocenters. The zero-order valence-corrected chi connectivity index (χ0v) is 8.90. The SMILES string of the molecule is CCC1(CCC=C2CC(C)C2)CN1. The van der Waals surface area contributed by atoms with E-state index in [1.165, 1.54) is 38.6 Å². The van der Waals surface area contributed by atoms with E-state index in [4.69, 9.17) is 0 Å². The van der Waals surface area contributed by atoms with Crippen molar-refractivity contribution in [2.75, 3.05) is 6.54 Å². The Morgan fingerprint density at radius 1 is 1.54 bits per heavy atom. The van der Waals surface area contributed by atoms with Crippen molar-refractivity contribution in [3.63, 3.8) is 0 Å². The molecule has 0 radical (unpaired) electrons. The average Bonchev–Trinajstić information content (AvgIpc) is 2.82. The Hall–Kier alpha value is -0.300. The van der Waals surface area contributed by atoms with Crippen molar-refractivity contribution in [3.8, 4) is 0 Å². The standard InChI is InChI=1S/C12H21N/c1-3-12(9-13-12)6-4-5-11-7-10(2)8-11/h5,10,13H,3-4,6-9H2,1-2H3. The number of hydrogen-bond donors (Lipinski definition) is 1. The Bertz CT molecular complexity index is 205. The molecule has 1 heteroatoms. The van der Waals surface area contributed by atoms with Crippen LogP contribution in [0, 0.1) is 5.92 Å². The molecule has 2 aliphatic rings. The summed E-state index contributed by atoms with van der Waals surface area (Å²) in [4.78, 5) is 0.